The van der Waals surface area contributed by atoms with E-state index in [1.54, 1.807) is 42.0 Å². The summed E-state index contributed by atoms with van der Waals surface area (Å²) in [5.41, 5.74) is 1.89. The first-order valence-corrected chi connectivity index (χ1v) is 9.23. The van der Waals surface area contributed by atoms with Crippen molar-refractivity contribution in [3.63, 3.8) is 0 Å². The van der Waals surface area contributed by atoms with Crippen molar-refractivity contribution in [1.29, 1.82) is 0 Å². The molecule has 2 N–H and O–H groups in total. The van der Waals surface area contributed by atoms with Gasteiger partial charge in [-0.05, 0) is 48.0 Å². The number of carboxylic acid groups (broad SMARTS) is 1. The number of benzene rings is 2. The van der Waals surface area contributed by atoms with Gasteiger partial charge in [-0.15, -0.1) is 0 Å². The molecule has 146 valence electrons. The molecule has 2 heterocycles. The molecule has 2 aromatic carbocycles. The Labute approximate surface area is 170 Å². The highest BCUT2D eigenvalue weighted by Crippen LogP contribution is 2.35. The SMILES string of the molecule is COc1ccc(Cn2c(C(=O)O)c(-c3ccc[nH]c3=O)c3cc(Cl)ccc32)cc1. The number of carboxylic acids is 1. The highest BCUT2D eigenvalue weighted by molar-refractivity contribution is 6.31. The van der Waals surface area contributed by atoms with Crippen molar-refractivity contribution in [2.45, 2.75) is 6.54 Å². The number of aromatic amines is 1. The highest BCUT2D eigenvalue weighted by Gasteiger charge is 2.25. The van der Waals surface area contributed by atoms with E-state index < -0.39 is 5.97 Å². The molecule has 4 aromatic rings. The number of nitrogens with zero attached hydrogens (tertiary/aromatic N) is 1. The summed E-state index contributed by atoms with van der Waals surface area (Å²) in [6, 6.07) is 15.8. The molecular formula is C22H17ClN2O4. The van der Waals surface area contributed by atoms with Crippen LogP contribution >= 0.6 is 11.6 Å². The molecule has 0 atom stereocenters. The number of aromatic carboxylic acids is 1. The minimum atomic E-state index is -1.12. The van der Waals surface area contributed by atoms with E-state index in [9.17, 15) is 14.7 Å². The van der Waals surface area contributed by atoms with Gasteiger partial charge in [-0.3, -0.25) is 4.79 Å². The average Bonchev–Trinajstić information content (AvgIpc) is 3.02. The summed E-state index contributed by atoms with van der Waals surface area (Å²) in [6.45, 7) is 0.314. The van der Waals surface area contributed by atoms with E-state index in [1.165, 1.54) is 6.20 Å². The van der Waals surface area contributed by atoms with Crippen LogP contribution in [-0.4, -0.2) is 27.7 Å². The molecule has 29 heavy (non-hydrogen) atoms. The van der Waals surface area contributed by atoms with Crippen LogP contribution in [0, 0.1) is 0 Å². The van der Waals surface area contributed by atoms with Crippen molar-refractivity contribution < 1.29 is 14.6 Å². The maximum absolute atomic E-state index is 12.5. The predicted molar refractivity (Wildman–Crippen MR) is 112 cm³/mol. The Kier molecular flexibility index (Phi) is 4.86. The summed E-state index contributed by atoms with van der Waals surface area (Å²) >= 11 is 6.20. The van der Waals surface area contributed by atoms with Crippen molar-refractivity contribution in [2.24, 2.45) is 0 Å². The van der Waals surface area contributed by atoms with Crippen molar-refractivity contribution >= 4 is 28.5 Å². The van der Waals surface area contributed by atoms with E-state index >= 15 is 0 Å². The topological polar surface area (TPSA) is 84.3 Å². The van der Waals surface area contributed by atoms with E-state index in [0.29, 0.717) is 33.8 Å². The number of ether oxygens (including phenoxy) is 1. The van der Waals surface area contributed by atoms with Crippen molar-refractivity contribution in [2.75, 3.05) is 7.11 Å². The summed E-state index contributed by atoms with van der Waals surface area (Å²) in [5.74, 6) is -0.406. The second-order valence-electron chi connectivity index (χ2n) is 6.54. The van der Waals surface area contributed by atoms with Crippen molar-refractivity contribution in [3.05, 3.63) is 87.4 Å². The molecule has 7 heteroatoms. The monoisotopic (exact) mass is 408 g/mol. The number of H-pyrrole nitrogens is 1. The largest absolute Gasteiger partial charge is 0.497 e. The molecule has 0 spiro atoms. The molecule has 0 aliphatic carbocycles. The lowest BCUT2D eigenvalue weighted by atomic mass is 10.0. The van der Waals surface area contributed by atoms with E-state index in [1.807, 2.05) is 24.3 Å². The number of fused-ring (bicyclic) bond motifs is 1. The fourth-order valence-electron chi connectivity index (χ4n) is 3.52. The van der Waals surface area contributed by atoms with Crippen LogP contribution in [0.5, 0.6) is 5.75 Å². The first-order valence-electron chi connectivity index (χ1n) is 8.85. The van der Waals surface area contributed by atoms with E-state index in [-0.39, 0.29) is 16.8 Å². The fraction of sp³-hybridized carbons (Fsp3) is 0.0909. The summed E-state index contributed by atoms with van der Waals surface area (Å²) in [4.78, 5) is 27.4. The van der Waals surface area contributed by atoms with Gasteiger partial charge in [0.1, 0.15) is 11.4 Å². The van der Waals surface area contributed by atoms with Gasteiger partial charge in [0.2, 0.25) is 0 Å². The van der Waals surface area contributed by atoms with Crippen LogP contribution in [0.4, 0.5) is 0 Å². The highest BCUT2D eigenvalue weighted by atomic mass is 35.5. The lowest BCUT2D eigenvalue weighted by Crippen LogP contribution is -2.13. The molecule has 0 radical (unpaired) electrons. The second-order valence-corrected chi connectivity index (χ2v) is 6.97. The number of nitrogens with one attached hydrogen (secondary N) is 1. The standard InChI is InChI=1S/C22H17ClN2O4/c1-29-15-7-4-13(5-8-15)12-25-18-9-6-14(23)11-17(18)19(20(25)22(27)28)16-3-2-10-24-21(16)26/h2-11H,12H2,1H3,(H,24,26)(H,27,28). The molecule has 0 saturated heterocycles. The van der Waals surface area contributed by atoms with Gasteiger partial charge in [0.15, 0.2) is 0 Å². The van der Waals surface area contributed by atoms with Crippen LogP contribution in [0.15, 0.2) is 65.6 Å². The zero-order chi connectivity index (χ0) is 20.5. The smallest absolute Gasteiger partial charge is 0.353 e. The molecule has 0 fully saturated rings. The van der Waals surface area contributed by atoms with Crippen LogP contribution in [0.25, 0.3) is 22.0 Å². The zero-order valence-corrected chi connectivity index (χ0v) is 16.2. The third kappa shape index (κ3) is 3.39. The van der Waals surface area contributed by atoms with Gasteiger partial charge in [-0.25, -0.2) is 4.79 Å². The van der Waals surface area contributed by atoms with Crippen LogP contribution in [-0.2, 0) is 6.54 Å². The number of aromatic nitrogens is 2. The molecular weight excluding hydrogens is 392 g/mol. The third-order valence-corrected chi connectivity index (χ3v) is 5.05. The number of carbonyl (C=O) groups is 1. The quantitative estimate of drug-likeness (QED) is 0.512. The Morgan fingerprint density at radius 3 is 2.59 bits per heavy atom. The molecule has 4 rings (SSSR count). The van der Waals surface area contributed by atoms with Gasteiger partial charge >= 0.3 is 5.97 Å². The molecule has 0 amide bonds. The summed E-state index contributed by atoms with van der Waals surface area (Å²) in [6.07, 6.45) is 1.51. The molecule has 0 bridgehead atoms. The maximum atomic E-state index is 12.5. The molecule has 0 aliphatic rings. The van der Waals surface area contributed by atoms with Crippen LogP contribution in [0.2, 0.25) is 5.02 Å². The number of halogens is 1. The van der Waals surface area contributed by atoms with Gasteiger partial charge < -0.3 is 19.4 Å². The zero-order valence-electron chi connectivity index (χ0n) is 15.5. The predicted octanol–water partition coefficient (Wildman–Crippen LogP) is 4.41. The van der Waals surface area contributed by atoms with Crippen molar-refractivity contribution in [3.8, 4) is 16.9 Å². The normalized spacial score (nSPS) is 11.0. The second kappa shape index (κ2) is 7.48. The van der Waals surface area contributed by atoms with Gasteiger partial charge in [-0.2, -0.15) is 0 Å². The number of hydrogen-bond acceptors (Lipinski definition) is 3. The first kappa shape index (κ1) is 18.8. The van der Waals surface area contributed by atoms with Crippen LogP contribution < -0.4 is 10.3 Å². The summed E-state index contributed by atoms with van der Waals surface area (Å²) in [7, 11) is 1.59. The Morgan fingerprint density at radius 1 is 1.17 bits per heavy atom. The number of methoxy groups -OCH3 is 1. The Balaban J connectivity index is 2.01. The van der Waals surface area contributed by atoms with E-state index in [0.717, 1.165) is 5.56 Å². The number of hydrogen-bond donors (Lipinski definition) is 2. The lowest BCUT2D eigenvalue weighted by Gasteiger charge is -2.10. The van der Waals surface area contributed by atoms with Crippen molar-refractivity contribution in [1.82, 2.24) is 9.55 Å². The third-order valence-electron chi connectivity index (χ3n) is 4.82. The Morgan fingerprint density at radius 2 is 1.93 bits per heavy atom. The average molecular weight is 409 g/mol. The maximum Gasteiger partial charge on any atom is 0.353 e. The minimum Gasteiger partial charge on any atom is -0.497 e. The van der Waals surface area contributed by atoms with E-state index in [2.05, 4.69) is 4.98 Å². The van der Waals surface area contributed by atoms with Crippen LogP contribution in [0.1, 0.15) is 16.1 Å². The molecule has 6 nitrogen and oxygen atoms in total. The van der Waals surface area contributed by atoms with Gasteiger partial charge in [0.25, 0.3) is 5.56 Å². The Bertz CT molecular complexity index is 1270. The van der Waals surface area contributed by atoms with E-state index in [4.69, 9.17) is 16.3 Å². The van der Waals surface area contributed by atoms with Gasteiger partial charge in [-0.1, -0.05) is 23.7 Å². The number of rotatable bonds is 5. The molecule has 0 unspecified atom stereocenters. The first-order chi connectivity index (χ1) is 14.0. The summed E-state index contributed by atoms with van der Waals surface area (Å²) in [5, 5.41) is 11.1. The summed E-state index contributed by atoms with van der Waals surface area (Å²) < 4.78 is 6.88. The Hall–Kier alpha value is -3.51. The minimum absolute atomic E-state index is 0.0368. The molecule has 0 saturated carbocycles. The fourth-order valence-corrected chi connectivity index (χ4v) is 3.69. The molecule has 2 aromatic heterocycles. The lowest BCUT2D eigenvalue weighted by molar-refractivity contribution is 0.0687. The molecule has 0 aliphatic heterocycles. The van der Waals surface area contributed by atoms with Gasteiger partial charge in [0, 0.05) is 39.8 Å². The number of pyridine rings is 1. The van der Waals surface area contributed by atoms with Gasteiger partial charge in [0.05, 0.1) is 7.11 Å². The van der Waals surface area contributed by atoms with Crippen LogP contribution in [0.3, 0.4) is 0 Å².